The summed E-state index contributed by atoms with van der Waals surface area (Å²) < 4.78 is 0. The molecule has 1 atom stereocenters. The Morgan fingerprint density at radius 3 is 2.43 bits per heavy atom. The van der Waals surface area contributed by atoms with E-state index in [0.717, 1.165) is 0 Å². The Morgan fingerprint density at radius 1 is 2.00 bits per heavy atom. The van der Waals surface area contributed by atoms with Crippen LogP contribution in [0.2, 0.25) is 0 Å². The lowest BCUT2D eigenvalue weighted by Crippen LogP contribution is -2.07. The number of aliphatic hydroxyl groups excluding tert-OH is 1. The van der Waals surface area contributed by atoms with Crippen LogP contribution in [0.15, 0.2) is 0 Å². The van der Waals surface area contributed by atoms with E-state index in [1.807, 2.05) is 0 Å². The Labute approximate surface area is 47.9 Å². The lowest BCUT2D eigenvalue weighted by molar-refractivity contribution is -0.114. The summed E-state index contributed by atoms with van der Waals surface area (Å²) in [5, 5.41) is 7.97. The van der Waals surface area contributed by atoms with Crippen molar-refractivity contribution in [3.05, 3.63) is 0 Å². The molecule has 0 amide bonds. The monoisotopic (exact) mass is 120 g/mol. The standard InChI is InChI=1S/C4H8O2S/c1-3(2-5)4(6)7/h3,5H,2H2,1H3,(H,6,7). The first-order chi connectivity index (χ1) is 3.18. The van der Waals surface area contributed by atoms with E-state index in [2.05, 4.69) is 12.6 Å². The van der Waals surface area contributed by atoms with Crippen molar-refractivity contribution in [2.75, 3.05) is 6.61 Å². The van der Waals surface area contributed by atoms with E-state index in [4.69, 9.17) is 5.11 Å². The fourth-order valence-corrected chi connectivity index (χ4v) is 0.160. The second-order valence-electron chi connectivity index (χ2n) is 1.42. The van der Waals surface area contributed by atoms with Crippen molar-refractivity contribution in [2.45, 2.75) is 6.92 Å². The molecule has 7 heavy (non-hydrogen) atoms. The molecular weight excluding hydrogens is 112 g/mol. The largest absolute Gasteiger partial charge is 0.396 e. The Bertz CT molecular complexity index is 72.1. The molecule has 0 rings (SSSR count). The van der Waals surface area contributed by atoms with E-state index < -0.39 is 0 Å². The van der Waals surface area contributed by atoms with E-state index in [1.165, 1.54) is 0 Å². The number of thiol groups is 1. The number of hydrogen-bond acceptors (Lipinski definition) is 2. The minimum atomic E-state index is -0.316. The molecular formula is C4H8O2S. The molecule has 0 aromatic carbocycles. The third-order valence-corrected chi connectivity index (χ3v) is 1.14. The van der Waals surface area contributed by atoms with Crippen molar-refractivity contribution in [1.29, 1.82) is 0 Å². The average molecular weight is 120 g/mol. The summed E-state index contributed by atoms with van der Waals surface area (Å²) in [6, 6.07) is 0. The topological polar surface area (TPSA) is 37.3 Å². The van der Waals surface area contributed by atoms with Gasteiger partial charge in [0.05, 0.1) is 6.61 Å². The predicted octanol–water partition coefficient (Wildman–Crippen LogP) is 0.0712. The molecule has 1 N–H and O–H groups in total. The summed E-state index contributed by atoms with van der Waals surface area (Å²) in [6.07, 6.45) is 0. The molecule has 0 radical (unpaired) electrons. The van der Waals surface area contributed by atoms with Crippen molar-refractivity contribution in [1.82, 2.24) is 0 Å². The van der Waals surface area contributed by atoms with Crippen LogP contribution in [0.3, 0.4) is 0 Å². The summed E-state index contributed by atoms with van der Waals surface area (Å²) in [7, 11) is 0. The van der Waals surface area contributed by atoms with Gasteiger partial charge in [0.15, 0.2) is 5.12 Å². The van der Waals surface area contributed by atoms with Gasteiger partial charge in [-0.2, -0.15) is 0 Å². The quantitative estimate of drug-likeness (QED) is 0.506. The first kappa shape index (κ1) is 6.98. The van der Waals surface area contributed by atoms with Gasteiger partial charge in [-0.25, -0.2) is 0 Å². The van der Waals surface area contributed by atoms with Crippen LogP contribution in [-0.2, 0) is 4.79 Å². The summed E-state index contributed by atoms with van der Waals surface area (Å²) in [5.74, 6) is -0.316. The van der Waals surface area contributed by atoms with Crippen LogP contribution in [0.1, 0.15) is 6.92 Å². The Balaban J connectivity index is 3.34. The van der Waals surface area contributed by atoms with Crippen molar-refractivity contribution in [3.63, 3.8) is 0 Å². The molecule has 0 heterocycles. The zero-order valence-corrected chi connectivity index (χ0v) is 4.98. The summed E-state index contributed by atoms with van der Waals surface area (Å²) in [5.41, 5.74) is 0. The predicted molar refractivity (Wildman–Crippen MR) is 30.2 cm³/mol. The first-order valence-corrected chi connectivity index (χ1v) is 2.47. The zero-order chi connectivity index (χ0) is 5.86. The molecule has 0 aromatic heterocycles. The molecule has 0 aromatic rings. The number of rotatable bonds is 2. The van der Waals surface area contributed by atoms with Crippen molar-refractivity contribution in [3.8, 4) is 0 Å². The molecule has 0 fully saturated rings. The molecule has 3 heteroatoms. The molecule has 0 aliphatic heterocycles. The van der Waals surface area contributed by atoms with E-state index in [-0.39, 0.29) is 17.6 Å². The van der Waals surface area contributed by atoms with Gasteiger partial charge >= 0.3 is 0 Å². The maximum absolute atomic E-state index is 10.1. The Morgan fingerprint density at radius 2 is 2.43 bits per heavy atom. The normalized spacial score (nSPS) is 13.6. The molecule has 2 nitrogen and oxygen atoms in total. The Kier molecular flexibility index (Phi) is 3.04. The van der Waals surface area contributed by atoms with Gasteiger partial charge in [-0.1, -0.05) is 6.92 Å². The smallest absolute Gasteiger partial charge is 0.191 e. The SMILES string of the molecule is CC(CO)C(=O)S. The second kappa shape index (κ2) is 3.04. The molecule has 1 unspecified atom stereocenters. The highest BCUT2D eigenvalue weighted by molar-refractivity contribution is 7.96. The van der Waals surface area contributed by atoms with Gasteiger partial charge in [-0.05, 0) is 0 Å². The molecule has 0 saturated carbocycles. The van der Waals surface area contributed by atoms with E-state index >= 15 is 0 Å². The van der Waals surface area contributed by atoms with Crippen molar-refractivity contribution >= 4 is 17.7 Å². The molecule has 0 bridgehead atoms. The molecule has 0 saturated heterocycles. The van der Waals surface area contributed by atoms with E-state index in [1.54, 1.807) is 6.92 Å². The third-order valence-electron chi connectivity index (χ3n) is 0.695. The summed E-state index contributed by atoms with van der Waals surface area (Å²) in [6.45, 7) is 1.51. The number of carbonyl (C=O) groups excluding carboxylic acids is 1. The highest BCUT2D eigenvalue weighted by Crippen LogP contribution is 1.96. The van der Waals surface area contributed by atoms with E-state index in [0.29, 0.717) is 0 Å². The highest BCUT2D eigenvalue weighted by atomic mass is 32.1. The minimum absolute atomic E-state index is 0.109. The van der Waals surface area contributed by atoms with Crippen molar-refractivity contribution < 1.29 is 9.90 Å². The molecule has 42 valence electrons. The Hall–Kier alpha value is -0.0200. The average Bonchev–Trinajstić information content (AvgIpc) is 1.65. The van der Waals surface area contributed by atoms with Crippen LogP contribution in [0.5, 0.6) is 0 Å². The minimum Gasteiger partial charge on any atom is -0.396 e. The first-order valence-electron chi connectivity index (χ1n) is 2.02. The highest BCUT2D eigenvalue weighted by Gasteiger charge is 2.03. The second-order valence-corrected chi connectivity index (χ2v) is 1.86. The lowest BCUT2D eigenvalue weighted by atomic mass is 10.2. The summed E-state index contributed by atoms with van der Waals surface area (Å²) in [4.78, 5) is 10.1. The molecule has 0 aliphatic rings. The van der Waals surface area contributed by atoms with Gasteiger partial charge in [0, 0.05) is 5.92 Å². The molecule has 0 aliphatic carbocycles. The van der Waals surface area contributed by atoms with Gasteiger partial charge in [-0.3, -0.25) is 4.79 Å². The van der Waals surface area contributed by atoms with Crippen LogP contribution in [0, 0.1) is 5.92 Å². The fraction of sp³-hybridized carbons (Fsp3) is 0.750. The number of aliphatic hydroxyl groups is 1. The lowest BCUT2D eigenvalue weighted by Gasteiger charge is -1.96. The van der Waals surface area contributed by atoms with Gasteiger partial charge in [0.2, 0.25) is 0 Å². The van der Waals surface area contributed by atoms with Crippen molar-refractivity contribution in [2.24, 2.45) is 5.92 Å². The van der Waals surface area contributed by atoms with Crippen LogP contribution >= 0.6 is 12.6 Å². The van der Waals surface area contributed by atoms with Crippen LogP contribution in [0.4, 0.5) is 0 Å². The van der Waals surface area contributed by atoms with Crippen LogP contribution < -0.4 is 0 Å². The van der Waals surface area contributed by atoms with Crippen LogP contribution in [0.25, 0.3) is 0 Å². The van der Waals surface area contributed by atoms with Gasteiger partial charge < -0.3 is 5.11 Å². The van der Waals surface area contributed by atoms with Gasteiger partial charge in [0.25, 0.3) is 0 Å². The van der Waals surface area contributed by atoms with Gasteiger partial charge in [0.1, 0.15) is 0 Å². The van der Waals surface area contributed by atoms with Gasteiger partial charge in [-0.15, -0.1) is 12.6 Å². The maximum Gasteiger partial charge on any atom is 0.191 e. The number of hydrogen-bond donors (Lipinski definition) is 2. The summed E-state index contributed by atoms with van der Waals surface area (Å²) >= 11 is 3.47. The fourth-order valence-electron chi connectivity index (χ4n) is 0.0781. The van der Waals surface area contributed by atoms with E-state index in [9.17, 15) is 4.79 Å². The molecule has 0 spiro atoms. The van der Waals surface area contributed by atoms with Crippen LogP contribution in [-0.4, -0.2) is 16.8 Å². The third kappa shape index (κ3) is 2.65. The number of carbonyl (C=O) groups is 1. The zero-order valence-electron chi connectivity index (χ0n) is 4.09. The maximum atomic E-state index is 10.1.